The number of aryl methyl sites for hydroxylation is 1. The molecule has 3 heterocycles. The number of aliphatic hydroxyl groups excluding tert-OH is 1. The van der Waals surface area contributed by atoms with E-state index in [0.29, 0.717) is 16.5 Å². The van der Waals surface area contributed by atoms with Crippen LogP contribution in [0.1, 0.15) is 18.1 Å². The van der Waals surface area contributed by atoms with Gasteiger partial charge in [0.15, 0.2) is 17.5 Å². The van der Waals surface area contributed by atoms with Crippen molar-refractivity contribution in [3.63, 3.8) is 0 Å². The Morgan fingerprint density at radius 2 is 1.80 bits per heavy atom. The molecule has 0 fully saturated rings. The summed E-state index contributed by atoms with van der Waals surface area (Å²) in [4.78, 5) is 34.7. The Balaban J connectivity index is 1.65. The Hall–Kier alpha value is -4.49. The van der Waals surface area contributed by atoms with Gasteiger partial charge in [0, 0.05) is 17.8 Å². The molecule has 0 aliphatic rings. The van der Waals surface area contributed by atoms with E-state index < -0.39 is 41.5 Å². The van der Waals surface area contributed by atoms with E-state index in [1.54, 1.807) is 38.2 Å². The molecule has 5 aromatic rings. The van der Waals surface area contributed by atoms with Gasteiger partial charge in [0.25, 0.3) is 0 Å². The van der Waals surface area contributed by atoms with E-state index in [1.165, 1.54) is 17.1 Å². The Labute approximate surface area is 228 Å². The van der Waals surface area contributed by atoms with E-state index in [-0.39, 0.29) is 34.5 Å². The van der Waals surface area contributed by atoms with Crippen molar-refractivity contribution in [1.82, 2.24) is 28.9 Å². The lowest BCUT2D eigenvalue weighted by molar-refractivity contribution is 0.169. The van der Waals surface area contributed by atoms with E-state index in [0.717, 1.165) is 21.3 Å². The van der Waals surface area contributed by atoms with Crippen LogP contribution >= 0.6 is 11.6 Å². The van der Waals surface area contributed by atoms with Gasteiger partial charge < -0.3 is 10.4 Å². The molecule has 10 nitrogen and oxygen atoms in total. The second kappa shape index (κ2) is 10.6. The number of aliphatic hydroxyl groups is 1. The van der Waals surface area contributed by atoms with Gasteiger partial charge in [-0.3, -0.25) is 14.2 Å². The van der Waals surface area contributed by atoms with Crippen molar-refractivity contribution >= 4 is 34.1 Å². The number of anilines is 2. The van der Waals surface area contributed by atoms with Crippen molar-refractivity contribution < 1.29 is 18.3 Å². The normalized spacial score (nSPS) is 12.2. The summed E-state index contributed by atoms with van der Waals surface area (Å²) in [7, 11) is 0. The molecular weight excluding hydrogens is 551 g/mol. The number of nitrogens with one attached hydrogen (secondary N) is 1. The molecule has 0 amide bonds. The Morgan fingerprint density at radius 3 is 2.48 bits per heavy atom. The highest BCUT2D eigenvalue weighted by molar-refractivity contribution is 6.34. The molecule has 0 unspecified atom stereocenters. The van der Waals surface area contributed by atoms with Crippen LogP contribution in [0.3, 0.4) is 0 Å². The third kappa shape index (κ3) is 5.33. The largest absolute Gasteiger partial charge is 0.391 e. The van der Waals surface area contributed by atoms with Gasteiger partial charge in [0.1, 0.15) is 0 Å². The van der Waals surface area contributed by atoms with Crippen molar-refractivity contribution in [3.05, 3.63) is 103 Å². The van der Waals surface area contributed by atoms with Crippen LogP contribution in [0.25, 0.3) is 16.6 Å². The second-order valence-corrected chi connectivity index (χ2v) is 9.64. The van der Waals surface area contributed by atoms with Gasteiger partial charge in [-0.25, -0.2) is 27.3 Å². The standard InChI is InChI=1S/C26H21ClF3N7O3/c1-13-3-17(9-31-8-13)37-25(39)33-24(36(26(37)40)11-15-4-19(28)23(30)20(29)5-15)32-22-6-16-12-35(10-14(2)38)34-21(16)7-18(22)27/h3-9,12,14,38H,10-11H2,1-2H3,(H,32,33,39)/t14-/m0/s1. The molecule has 0 aliphatic heterocycles. The van der Waals surface area contributed by atoms with Gasteiger partial charge >= 0.3 is 11.4 Å². The number of pyridine rings is 1. The first-order valence-electron chi connectivity index (χ1n) is 11.9. The highest BCUT2D eigenvalue weighted by Gasteiger charge is 2.19. The van der Waals surface area contributed by atoms with Gasteiger partial charge in [-0.1, -0.05) is 11.6 Å². The maximum absolute atomic E-state index is 14.0. The summed E-state index contributed by atoms with van der Waals surface area (Å²) >= 11 is 6.46. The first kappa shape index (κ1) is 27.1. The molecule has 0 bridgehead atoms. The fourth-order valence-electron chi connectivity index (χ4n) is 4.17. The van der Waals surface area contributed by atoms with Crippen LogP contribution in [0.2, 0.25) is 5.02 Å². The number of hydrogen-bond acceptors (Lipinski definition) is 7. The fraction of sp³-hybridized carbons (Fsp3) is 0.192. The molecule has 0 radical (unpaired) electrons. The van der Waals surface area contributed by atoms with Crippen LogP contribution < -0.4 is 16.7 Å². The average molecular weight is 572 g/mol. The molecule has 40 heavy (non-hydrogen) atoms. The van der Waals surface area contributed by atoms with Crippen LogP contribution in [0.4, 0.5) is 24.8 Å². The molecule has 14 heteroatoms. The molecule has 5 rings (SSSR count). The smallest absolute Gasteiger partial charge is 0.359 e. The van der Waals surface area contributed by atoms with Crippen molar-refractivity contribution in [2.45, 2.75) is 33.0 Å². The quantitative estimate of drug-likeness (QED) is 0.286. The van der Waals surface area contributed by atoms with Crippen molar-refractivity contribution in [1.29, 1.82) is 0 Å². The van der Waals surface area contributed by atoms with E-state index in [1.807, 2.05) is 0 Å². The first-order chi connectivity index (χ1) is 19.0. The molecule has 206 valence electrons. The summed E-state index contributed by atoms with van der Waals surface area (Å²) in [6.07, 6.45) is 3.86. The zero-order valence-electron chi connectivity index (χ0n) is 21.1. The summed E-state index contributed by atoms with van der Waals surface area (Å²) in [5.41, 5.74) is -0.382. The predicted molar refractivity (Wildman–Crippen MR) is 142 cm³/mol. The zero-order valence-corrected chi connectivity index (χ0v) is 21.8. The van der Waals surface area contributed by atoms with Gasteiger partial charge in [-0.2, -0.15) is 10.1 Å². The van der Waals surface area contributed by atoms with Crippen molar-refractivity contribution in [2.24, 2.45) is 0 Å². The van der Waals surface area contributed by atoms with Crippen molar-refractivity contribution in [3.8, 4) is 5.69 Å². The van der Waals surface area contributed by atoms with Crippen LogP contribution in [0.15, 0.2) is 58.5 Å². The SMILES string of the molecule is Cc1cncc(-n2c(=O)nc(Nc3cc4cn(C[C@H](C)O)nc4cc3Cl)n(Cc3cc(F)c(F)c(F)c3)c2=O)c1. The number of benzene rings is 2. The molecule has 2 aromatic carbocycles. The minimum Gasteiger partial charge on any atom is -0.391 e. The minimum absolute atomic E-state index is 0.100. The lowest BCUT2D eigenvalue weighted by Crippen LogP contribution is -2.41. The number of nitrogens with zero attached hydrogens (tertiary/aromatic N) is 6. The minimum atomic E-state index is -1.65. The number of halogens is 4. The monoisotopic (exact) mass is 571 g/mol. The number of aromatic nitrogens is 6. The highest BCUT2D eigenvalue weighted by atomic mass is 35.5. The molecule has 1 atom stereocenters. The third-order valence-corrected chi connectivity index (χ3v) is 6.22. The lowest BCUT2D eigenvalue weighted by atomic mass is 10.2. The van der Waals surface area contributed by atoms with E-state index >= 15 is 0 Å². The molecule has 0 aliphatic carbocycles. The average Bonchev–Trinajstić information content (AvgIpc) is 3.25. The summed E-state index contributed by atoms with van der Waals surface area (Å²) in [6, 6.07) is 6.18. The van der Waals surface area contributed by atoms with Gasteiger partial charge in [-0.15, -0.1) is 0 Å². The van der Waals surface area contributed by atoms with E-state index in [4.69, 9.17) is 11.6 Å². The molecule has 2 N–H and O–H groups in total. The van der Waals surface area contributed by atoms with Gasteiger partial charge in [0.05, 0.1) is 47.3 Å². The summed E-state index contributed by atoms with van der Waals surface area (Å²) in [6.45, 7) is 3.10. The highest BCUT2D eigenvalue weighted by Crippen LogP contribution is 2.29. The molecule has 3 aromatic heterocycles. The zero-order chi connectivity index (χ0) is 28.7. The fourth-order valence-corrected chi connectivity index (χ4v) is 4.38. The second-order valence-electron chi connectivity index (χ2n) is 9.23. The van der Waals surface area contributed by atoms with E-state index in [2.05, 4.69) is 20.4 Å². The summed E-state index contributed by atoms with van der Waals surface area (Å²) < 4.78 is 44.8. The molecular formula is C26H21ClF3N7O3. The van der Waals surface area contributed by atoms with Crippen LogP contribution in [0, 0.1) is 24.4 Å². The number of fused-ring (bicyclic) bond motifs is 1. The number of rotatable bonds is 7. The van der Waals surface area contributed by atoms with Gasteiger partial charge in [-0.05, 0) is 55.3 Å². The van der Waals surface area contributed by atoms with Crippen LogP contribution in [-0.2, 0) is 13.1 Å². The van der Waals surface area contributed by atoms with E-state index in [9.17, 15) is 27.9 Å². The predicted octanol–water partition coefficient (Wildman–Crippen LogP) is 3.69. The molecule has 0 saturated carbocycles. The maximum atomic E-state index is 14.0. The Morgan fingerprint density at radius 1 is 1.07 bits per heavy atom. The van der Waals surface area contributed by atoms with Crippen molar-refractivity contribution in [2.75, 3.05) is 5.32 Å². The topological polar surface area (TPSA) is 120 Å². The lowest BCUT2D eigenvalue weighted by Gasteiger charge is -2.16. The summed E-state index contributed by atoms with van der Waals surface area (Å²) in [5, 5.41) is 17.7. The van der Waals surface area contributed by atoms with Crippen LogP contribution in [-0.4, -0.2) is 40.1 Å². The molecule has 0 saturated heterocycles. The summed E-state index contributed by atoms with van der Waals surface area (Å²) in [5.74, 6) is -4.82. The molecule has 0 spiro atoms. The Bertz CT molecular complexity index is 1860. The van der Waals surface area contributed by atoms with Crippen LogP contribution in [0.5, 0.6) is 0 Å². The maximum Gasteiger partial charge on any atom is 0.359 e. The Kier molecular flexibility index (Phi) is 7.17. The first-order valence-corrected chi connectivity index (χ1v) is 12.3. The van der Waals surface area contributed by atoms with Gasteiger partial charge in [0.2, 0.25) is 5.95 Å². The number of hydrogen-bond donors (Lipinski definition) is 2. The third-order valence-electron chi connectivity index (χ3n) is 5.91.